The number of ether oxygens (including phenoxy) is 1. The molecule has 7 nitrogen and oxygen atoms in total. The number of hydrogen-bond acceptors (Lipinski definition) is 5. The number of carbonyl (C=O) groups is 2. The molecule has 3 N–H and O–H groups in total. The number of rotatable bonds is 8. The van der Waals surface area contributed by atoms with Crippen molar-refractivity contribution in [2.75, 3.05) is 13.2 Å². The zero-order valence-corrected chi connectivity index (χ0v) is 18.2. The van der Waals surface area contributed by atoms with Crippen molar-refractivity contribution in [3.8, 4) is 11.5 Å². The summed E-state index contributed by atoms with van der Waals surface area (Å²) < 4.78 is 6.48. The molecule has 0 aliphatic heterocycles. The van der Waals surface area contributed by atoms with Gasteiger partial charge < -0.3 is 15.2 Å². The van der Waals surface area contributed by atoms with Crippen molar-refractivity contribution in [3.05, 3.63) is 56.5 Å². The van der Waals surface area contributed by atoms with Gasteiger partial charge in [-0.05, 0) is 68.6 Å². The number of nitrogens with one attached hydrogen (secondary N) is 2. The molecular weight excluding hydrogens is 494 g/mol. The highest BCUT2D eigenvalue weighted by Crippen LogP contribution is 2.35. The average molecular weight is 513 g/mol. The van der Waals surface area contributed by atoms with E-state index < -0.39 is 0 Å². The molecule has 2 amide bonds. The summed E-state index contributed by atoms with van der Waals surface area (Å²) in [5, 5.41) is 16.4. The van der Waals surface area contributed by atoms with Gasteiger partial charge in [-0.1, -0.05) is 12.1 Å². The highest BCUT2D eigenvalue weighted by atomic mass is 79.9. The minimum atomic E-state index is -0.341. The number of carbonyl (C=O) groups excluding carboxylic acids is 2. The summed E-state index contributed by atoms with van der Waals surface area (Å²) in [4.78, 5) is 23.9. The van der Waals surface area contributed by atoms with E-state index >= 15 is 0 Å². The zero-order chi connectivity index (χ0) is 20.5. The lowest BCUT2D eigenvalue weighted by Gasteiger charge is -2.08. The van der Waals surface area contributed by atoms with Crippen LogP contribution in [0.3, 0.4) is 0 Å². The molecule has 2 aromatic rings. The molecule has 148 valence electrons. The number of benzene rings is 2. The molecule has 0 aliphatic rings. The van der Waals surface area contributed by atoms with Crippen LogP contribution in [0.2, 0.25) is 0 Å². The maximum Gasteiger partial charge on any atom is 0.252 e. The standard InChI is InChI=1S/C19H19Br2N3O4/c1-2-28-16-10-12(9-15(21)18(16)26)11-23-24-17(25)7-8-22-19(27)13-5-3-4-6-14(13)20/h3-6,9-11,26H,2,7-8H2,1H3,(H,22,27)(H,24,25)/b23-11+. The van der Waals surface area contributed by atoms with Gasteiger partial charge >= 0.3 is 0 Å². The molecule has 0 unspecified atom stereocenters. The van der Waals surface area contributed by atoms with E-state index in [4.69, 9.17) is 4.74 Å². The Morgan fingerprint density at radius 2 is 1.96 bits per heavy atom. The van der Waals surface area contributed by atoms with Gasteiger partial charge in [0.05, 0.1) is 22.9 Å². The summed E-state index contributed by atoms with van der Waals surface area (Å²) in [5.74, 6) is -0.281. The molecule has 28 heavy (non-hydrogen) atoms. The van der Waals surface area contributed by atoms with E-state index in [0.29, 0.717) is 32.4 Å². The number of aromatic hydroxyl groups is 1. The molecule has 0 heterocycles. The zero-order valence-electron chi connectivity index (χ0n) is 15.0. The summed E-state index contributed by atoms with van der Waals surface area (Å²) in [7, 11) is 0. The minimum absolute atomic E-state index is 0.00355. The smallest absolute Gasteiger partial charge is 0.252 e. The molecular formula is C19H19Br2N3O4. The van der Waals surface area contributed by atoms with Crippen molar-refractivity contribution >= 4 is 49.9 Å². The number of hydrogen-bond donors (Lipinski definition) is 3. The molecule has 0 atom stereocenters. The molecule has 0 fully saturated rings. The second-order valence-corrected chi connectivity index (χ2v) is 7.27. The van der Waals surface area contributed by atoms with E-state index in [9.17, 15) is 14.7 Å². The molecule has 0 aromatic heterocycles. The van der Waals surface area contributed by atoms with E-state index in [0.717, 1.165) is 0 Å². The molecule has 0 radical (unpaired) electrons. The van der Waals surface area contributed by atoms with Crippen LogP contribution in [0, 0.1) is 0 Å². The van der Waals surface area contributed by atoms with Crippen LogP contribution >= 0.6 is 31.9 Å². The van der Waals surface area contributed by atoms with E-state index in [1.165, 1.54) is 6.21 Å². The predicted octanol–water partition coefficient (Wildman–Crippen LogP) is 3.59. The van der Waals surface area contributed by atoms with Crippen LogP contribution in [0.4, 0.5) is 0 Å². The molecule has 0 saturated heterocycles. The van der Waals surface area contributed by atoms with E-state index in [-0.39, 0.29) is 30.5 Å². The van der Waals surface area contributed by atoms with E-state index in [1.54, 1.807) is 30.3 Å². The van der Waals surface area contributed by atoms with Gasteiger partial charge in [0, 0.05) is 17.4 Å². The number of amides is 2. The Bertz CT molecular complexity index is 887. The lowest BCUT2D eigenvalue weighted by atomic mass is 10.2. The fraction of sp³-hybridized carbons (Fsp3) is 0.211. The monoisotopic (exact) mass is 511 g/mol. The summed E-state index contributed by atoms with van der Waals surface area (Å²) in [5.41, 5.74) is 3.53. The first-order valence-corrected chi connectivity index (χ1v) is 10.0. The average Bonchev–Trinajstić information content (AvgIpc) is 2.66. The highest BCUT2D eigenvalue weighted by Gasteiger charge is 2.10. The largest absolute Gasteiger partial charge is 0.503 e. The number of phenolic OH excluding ortho intramolecular Hbond substituents is 1. The van der Waals surface area contributed by atoms with Crippen LogP contribution in [0.25, 0.3) is 0 Å². The second-order valence-electron chi connectivity index (χ2n) is 5.56. The van der Waals surface area contributed by atoms with Gasteiger partial charge in [0.2, 0.25) is 5.91 Å². The van der Waals surface area contributed by atoms with Crippen molar-refractivity contribution in [2.45, 2.75) is 13.3 Å². The Kier molecular flexibility index (Phi) is 8.46. The van der Waals surface area contributed by atoms with Gasteiger partial charge in [-0.15, -0.1) is 0 Å². The number of halogens is 2. The Morgan fingerprint density at radius 1 is 1.21 bits per heavy atom. The lowest BCUT2D eigenvalue weighted by Crippen LogP contribution is -2.29. The van der Waals surface area contributed by atoms with Crippen molar-refractivity contribution in [3.63, 3.8) is 0 Å². The van der Waals surface area contributed by atoms with Crippen LogP contribution in [-0.2, 0) is 4.79 Å². The van der Waals surface area contributed by atoms with Gasteiger partial charge in [-0.3, -0.25) is 9.59 Å². The third-order valence-electron chi connectivity index (χ3n) is 3.51. The lowest BCUT2D eigenvalue weighted by molar-refractivity contribution is -0.120. The molecule has 0 spiro atoms. The minimum Gasteiger partial charge on any atom is -0.503 e. The molecule has 2 rings (SSSR count). The van der Waals surface area contributed by atoms with Crippen LogP contribution in [0.1, 0.15) is 29.3 Å². The van der Waals surface area contributed by atoms with Crippen molar-refractivity contribution in [2.24, 2.45) is 5.10 Å². The predicted molar refractivity (Wildman–Crippen MR) is 114 cm³/mol. The number of nitrogens with zero attached hydrogens (tertiary/aromatic N) is 1. The Hall–Kier alpha value is -2.39. The van der Waals surface area contributed by atoms with Crippen LogP contribution in [0.5, 0.6) is 11.5 Å². The number of hydrazone groups is 1. The van der Waals surface area contributed by atoms with Crippen LogP contribution in [-0.4, -0.2) is 36.3 Å². The van der Waals surface area contributed by atoms with Crippen LogP contribution in [0.15, 0.2) is 50.4 Å². The van der Waals surface area contributed by atoms with Gasteiger partial charge in [-0.25, -0.2) is 5.43 Å². The normalized spacial score (nSPS) is 10.7. The van der Waals surface area contributed by atoms with Crippen molar-refractivity contribution < 1.29 is 19.4 Å². The quantitative estimate of drug-likeness (QED) is 0.371. The fourth-order valence-electron chi connectivity index (χ4n) is 2.20. The van der Waals surface area contributed by atoms with Gasteiger partial charge in [0.25, 0.3) is 5.91 Å². The summed E-state index contributed by atoms with van der Waals surface area (Å²) in [6.45, 7) is 2.40. The maximum atomic E-state index is 12.1. The third-order valence-corrected chi connectivity index (χ3v) is 4.81. The first-order valence-electron chi connectivity index (χ1n) is 8.42. The maximum absolute atomic E-state index is 12.1. The molecule has 0 bridgehead atoms. The number of phenols is 1. The highest BCUT2D eigenvalue weighted by molar-refractivity contribution is 9.10. The third kappa shape index (κ3) is 6.35. The summed E-state index contributed by atoms with van der Waals surface area (Å²) >= 11 is 6.55. The fourth-order valence-corrected chi connectivity index (χ4v) is 3.12. The van der Waals surface area contributed by atoms with E-state index in [1.807, 2.05) is 13.0 Å². The van der Waals surface area contributed by atoms with Gasteiger partial charge in [-0.2, -0.15) is 5.10 Å². The first-order chi connectivity index (χ1) is 13.4. The Labute approximate surface area is 179 Å². The van der Waals surface area contributed by atoms with E-state index in [2.05, 4.69) is 47.7 Å². The first kappa shape index (κ1) is 21.9. The molecule has 0 aliphatic carbocycles. The topological polar surface area (TPSA) is 100 Å². The SMILES string of the molecule is CCOc1cc(/C=N/NC(=O)CCNC(=O)c2ccccc2Br)cc(Br)c1O. The van der Waals surface area contributed by atoms with Crippen molar-refractivity contribution in [1.29, 1.82) is 0 Å². The van der Waals surface area contributed by atoms with Crippen molar-refractivity contribution in [1.82, 2.24) is 10.7 Å². The van der Waals surface area contributed by atoms with Gasteiger partial charge in [0.15, 0.2) is 11.5 Å². The van der Waals surface area contributed by atoms with Gasteiger partial charge in [0.1, 0.15) is 0 Å². The molecule has 9 heteroatoms. The summed E-state index contributed by atoms with van der Waals surface area (Å²) in [6, 6.07) is 10.3. The Morgan fingerprint density at radius 3 is 2.68 bits per heavy atom. The van der Waals surface area contributed by atoms with Crippen LogP contribution < -0.4 is 15.5 Å². The molecule has 2 aromatic carbocycles. The molecule has 0 saturated carbocycles. The Balaban J connectivity index is 1.82. The second kappa shape index (κ2) is 10.8. The summed E-state index contributed by atoms with van der Waals surface area (Å²) in [6.07, 6.45) is 1.52.